The van der Waals surface area contributed by atoms with Gasteiger partial charge in [0, 0.05) is 28.0 Å². The van der Waals surface area contributed by atoms with Crippen LogP contribution in [0, 0.1) is 13.8 Å². The number of nitrogens with one attached hydrogen (secondary N) is 3. The maximum atomic E-state index is 6.16. The van der Waals surface area contributed by atoms with Crippen LogP contribution in [0.1, 0.15) is 39.0 Å². The Bertz CT molecular complexity index is 1570. The van der Waals surface area contributed by atoms with Crippen LogP contribution in [0.15, 0.2) is 64.1 Å². The number of anilines is 4. The van der Waals surface area contributed by atoms with E-state index < -0.39 is 0 Å². The standard InChI is InChI=1S/C29H32N6O2S/c1-16(2)36-25-13-18(5)21(24-14-19(6)35-37-24)15-23(25)32-29-33-27-20(11-12-30-27)28(34-29)31-22-9-7-8-10-26(22)38-17(3)4/h7-17H,1-6H3,(H3,30,31,32,33,34). The molecule has 5 rings (SSSR count). The number of para-hydroxylation sites is 1. The molecule has 0 saturated carbocycles. The highest BCUT2D eigenvalue weighted by atomic mass is 32.2. The lowest BCUT2D eigenvalue weighted by molar-refractivity contribution is 0.243. The van der Waals surface area contributed by atoms with Crippen LogP contribution >= 0.6 is 11.8 Å². The van der Waals surface area contributed by atoms with Crippen molar-refractivity contribution in [1.82, 2.24) is 20.1 Å². The van der Waals surface area contributed by atoms with Crippen LogP contribution in [0.3, 0.4) is 0 Å². The highest BCUT2D eigenvalue weighted by Gasteiger charge is 2.17. The van der Waals surface area contributed by atoms with Crippen molar-refractivity contribution in [3.63, 3.8) is 0 Å². The molecule has 38 heavy (non-hydrogen) atoms. The van der Waals surface area contributed by atoms with Gasteiger partial charge in [0.15, 0.2) is 5.76 Å². The number of hydrogen-bond donors (Lipinski definition) is 3. The van der Waals surface area contributed by atoms with Crippen molar-refractivity contribution in [2.75, 3.05) is 10.6 Å². The molecule has 3 heterocycles. The number of aromatic amines is 1. The SMILES string of the molecule is Cc1cc(-c2cc(Nc3nc(Nc4ccccc4SC(C)C)c4cc[nH]c4n3)c(OC(C)C)cc2C)on1. The molecule has 0 atom stereocenters. The van der Waals surface area contributed by atoms with Crippen LogP contribution in [0.25, 0.3) is 22.4 Å². The highest BCUT2D eigenvalue weighted by molar-refractivity contribution is 8.00. The fourth-order valence-corrected chi connectivity index (χ4v) is 5.06. The van der Waals surface area contributed by atoms with E-state index in [1.165, 1.54) is 0 Å². The first-order valence-electron chi connectivity index (χ1n) is 12.7. The maximum absolute atomic E-state index is 6.16. The Morgan fingerprint density at radius 1 is 0.947 bits per heavy atom. The molecule has 0 radical (unpaired) electrons. The molecule has 0 aliphatic heterocycles. The van der Waals surface area contributed by atoms with Gasteiger partial charge in [-0.15, -0.1) is 11.8 Å². The van der Waals surface area contributed by atoms with Crippen LogP contribution < -0.4 is 15.4 Å². The molecule has 0 bridgehead atoms. The summed E-state index contributed by atoms with van der Waals surface area (Å²) in [4.78, 5) is 14.0. The summed E-state index contributed by atoms with van der Waals surface area (Å²) in [7, 11) is 0. The first-order valence-corrected chi connectivity index (χ1v) is 13.5. The number of aryl methyl sites for hydroxylation is 2. The summed E-state index contributed by atoms with van der Waals surface area (Å²) >= 11 is 1.81. The Morgan fingerprint density at radius 2 is 1.76 bits per heavy atom. The number of thioether (sulfide) groups is 1. The molecule has 0 fully saturated rings. The van der Waals surface area contributed by atoms with Crippen LogP contribution in [-0.2, 0) is 0 Å². The van der Waals surface area contributed by atoms with Crippen LogP contribution in [0.5, 0.6) is 5.75 Å². The molecule has 0 aliphatic rings. The minimum absolute atomic E-state index is 0.00711. The number of rotatable bonds is 9. The molecule has 0 spiro atoms. The third-order valence-corrected chi connectivity index (χ3v) is 6.83. The van der Waals surface area contributed by atoms with E-state index in [0.717, 1.165) is 44.1 Å². The third-order valence-electron chi connectivity index (χ3n) is 5.75. The summed E-state index contributed by atoms with van der Waals surface area (Å²) in [6, 6.07) is 16.2. The summed E-state index contributed by atoms with van der Waals surface area (Å²) < 4.78 is 11.7. The molecule has 8 nitrogen and oxygen atoms in total. The molecule has 0 amide bonds. The summed E-state index contributed by atoms with van der Waals surface area (Å²) in [5.74, 6) is 2.55. The molecular formula is C29H32N6O2S. The molecule has 0 saturated heterocycles. The van der Waals surface area contributed by atoms with Crippen LogP contribution in [-0.4, -0.2) is 31.5 Å². The molecule has 196 valence electrons. The molecule has 2 aromatic carbocycles. The number of nitrogens with zero attached hydrogens (tertiary/aromatic N) is 3. The van der Waals surface area contributed by atoms with E-state index in [0.29, 0.717) is 28.5 Å². The molecule has 3 aromatic heterocycles. The first kappa shape index (κ1) is 25.7. The first-order chi connectivity index (χ1) is 18.3. The zero-order valence-corrected chi connectivity index (χ0v) is 23.2. The smallest absolute Gasteiger partial charge is 0.231 e. The van der Waals surface area contributed by atoms with E-state index in [2.05, 4.69) is 52.8 Å². The Morgan fingerprint density at radius 3 is 2.50 bits per heavy atom. The van der Waals surface area contributed by atoms with Gasteiger partial charge in [0.05, 0.1) is 28.6 Å². The van der Waals surface area contributed by atoms with Crippen molar-refractivity contribution in [1.29, 1.82) is 0 Å². The van der Waals surface area contributed by atoms with Gasteiger partial charge in [-0.25, -0.2) is 0 Å². The van der Waals surface area contributed by atoms with E-state index in [9.17, 15) is 0 Å². The van der Waals surface area contributed by atoms with Gasteiger partial charge < -0.3 is 24.9 Å². The lowest BCUT2D eigenvalue weighted by Gasteiger charge is -2.18. The van der Waals surface area contributed by atoms with E-state index in [-0.39, 0.29) is 6.10 Å². The minimum atomic E-state index is -0.00711. The second-order valence-corrected chi connectivity index (χ2v) is 11.3. The van der Waals surface area contributed by atoms with Gasteiger partial charge in [-0.05, 0) is 63.6 Å². The van der Waals surface area contributed by atoms with E-state index in [1.807, 2.05) is 76.0 Å². The Hall–Kier alpha value is -3.98. The largest absolute Gasteiger partial charge is 0.489 e. The molecular weight excluding hydrogens is 496 g/mol. The number of benzene rings is 2. The summed E-state index contributed by atoms with van der Waals surface area (Å²) in [5, 5.41) is 12.4. The number of ether oxygens (including phenoxy) is 1. The lowest BCUT2D eigenvalue weighted by Crippen LogP contribution is -2.09. The average molecular weight is 529 g/mol. The molecule has 0 aliphatic carbocycles. The van der Waals surface area contributed by atoms with Crippen molar-refractivity contribution in [2.45, 2.75) is 57.8 Å². The van der Waals surface area contributed by atoms with Crippen molar-refractivity contribution >= 4 is 45.9 Å². The van der Waals surface area contributed by atoms with E-state index >= 15 is 0 Å². The Balaban J connectivity index is 1.55. The second-order valence-electron chi connectivity index (χ2n) is 9.71. The predicted molar refractivity (Wildman–Crippen MR) is 155 cm³/mol. The predicted octanol–water partition coefficient (Wildman–Crippen LogP) is 8.00. The number of fused-ring (bicyclic) bond motifs is 1. The third kappa shape index (κ3) is 5.62. The molecule has 5 aromatic rings. The van der Waals surface area contributed by atoms with E-state index in [4.69, 9.17) is 19.2 Å². The molecule has 0 unspecified atom stereocenters. The van der Waals surface area contributed by atoms with Gasteiger partial charge in [-0.1, -0.05) is 31.1 Å². The van der Waals surface area contributed by atoms with Crippen molar-refractivity contribution in [3.05, 3.63) is 66.0 Å². The van der Waals surface area contributed by atoms with Crippen molar-refractivity contribution in [2.24, 2.45) is 0 Å². The van der Waals surface area contributed by atoms with Gasteiger partial charge in [-0.3, -0.25) is 0 Å². The van der Waals surface area contributed by atoms with Gasteiger partial charge >= 0.3 is 0 Å². The van der Waals surface area contributed by atoms with Gasteiger partial charge in [-0.2, -0.15) is 9.97 Å². The van der Waals surface area contributed by atoms with Crippen LogP contribution in [0.4, 0.5) is 23.1 Å². The summed E-state index contributed by atoms with van der Waals surface area (Å²) in [6.07, 6.45) is 1.86. The lowest BCUT2D eigenvalue weighted by atomic mass is 10.0. The number of aromatic nitrogens is 4. The van der Waals surface area contributed by atoms with Crippen LogP contribution in [0.2, 0.25) is 0 Å². The number of H-pyrrole nitrogens is 1. The fourth-order valence-electron chi connectivity index (χ4n) is 4.15. The number of hydrogen-bond acceptors (Lipinski definition) is 8. The zero-order chi connectivity index (χ0) is 26.8. The monoisotopic (exact) mass is 528 g/mol. The second kappa shape index (κ2) is 10.8. The summed E-state index contributed by atoms with van der Waals surface area (Å²) in [6.45, 7) is 12.3. The topological polar surface area (TPSA) is 101 Å². The quantitative estimate of drug-likeness (QED) is 0.165. The minimum Gasteiger partial charge on any atom is -0.489 e. The molecule has 9 heteroatoms. The normalized spacial score (nSPS) is 11.5. The van der Waals surface area contributed by atoms with Crippen molar-refractivity contribution in [3.8, 4) is 17.1 Å². The zero-order valence-electron chi connectivity index (χ0n) is 22.4. The Kier molecular flexibility index (Phi) is 7.28. The average Bonchev–Trinajstić information content (AvgIpc) is 3.50. The maximum Gasteiger partial charge on any atom is 0.231 e. The Labute approximate surface area is 226 Å². The fraction of sp³-hybridized carbons (Fsp3) is 0.276. The van der Waals surface area contributed by atoms with Crippen molar-refractivity contribution < 1.29 is 9.26 Å². The molecule has 3 N–H and O–H groups in total. The van der Waals surface area contributed by atoms with E-state index in [1.54, 1.807) is 0 Å². The highest BCUT2D eigenvalue weighted by Crippen LogP contribution is 2.37. The van der Waals surface area contributed by atoms with Gasteiger partial charge in [0.25, 0.3) is 0 Å². The summed E-state index contributed by atoms with van der Waals surface area (Å²) in [5.41, 5.74) is 5.22. The van der Waals surface area contributed by atoms with Gasteiger partial charge in [0.2, 0.25) is 5.95 Å². The van der Waals surface area contributed by atoms with Gasteiger partial charge in [0.1, 0.15) is 17.2 Å².